The van der Waals surface area contributed by atoms with Gasteiger partial charge in [-0.1, -0.05) is 19.8 Å². The third-order valence-electron chi connectivity index (χ3n) is 4.26. The van der Waals surface area contributed by atoms with E-state index in [1.165, 1.54) is 6.42 Å². The third-order valence-corrected chi connectivity index (χ3v) is 4.26. The first-order valence-electron chi connectivity index (χ1n) is 6.85. The zero-order valence-corrected chi connectivity index (χ0v) is 10.6. The van der Waals surface area contributed by atoms with Crippen molar-refractivity contribution in [3.63, 3.8) is 0 Å². The smallest absolute Gasteiger partial charge is 0.224 e. The van der Waals surface area contributed by atoms with Gasteiger partial charge >= 0.3 is 0 Å². The van der Waals surface area contributed by atoms with Crippen molar-refractivity contribution in [2.75, 3.05) is 19.6 Å². The Balaban J connectivity index is 1.75. The highest BCUT2D eigenvalue weighted by Crippen LogP contribution is 2.24. The normalized spacial score (nSPS) is 38.0. The summed E-state index contributed by atoms with van der Waals surface area (Å²) in [7, 11) is 0. The van der Waals surface area contributed by atoms with Gasteiger partial charge in [-0.3, -0.25) is 4.79 Å². The molecule has 1 amide bonds. The fourth-order valence-electron chi connectivity index (χ4n) is 2.95. The summed E-state index contributed by atoms with van der Waals surface area (Å²) in [6.07, 6.45) is 4.01. The standard InChI is InChI=1S/C13H24N2O2/c1-9-6-14-8-11(9)13(17)15-7-10-4-2-3-5-12(10)16/h9-12,14,16H,2-8H2,1H3,(H,15,17). The number of amides is 1. The Labute approximate surface area is 103 Å². The molecule has 0 radical (unpaired) electrons. The predicted molar refractivity (Wildman–Crippen MR) is 66.5 cm³/mol. The van der Waals surface area contributed by atoms with E-state index >= 15 is 0 Å². The molecule has 1 aliphatic carbocycles. The predicted octanol–water partition coefficient (Wildman–Crippen LogP) is 0.509. The minimum absolute atomic E-state index is 0.107. The topological polar surface area (TPSA) is 61.4 Å². The zero-order valence-electron chi connectivity index (χ0n) is 10.6. The van der Waals surface area contributed by atoms with E-state index in [0.29, 0.717) is 12.5 Å². The average molecular weight is 240 g/mol. The lowest BCUT2D eigenvalue weighted by atomic mass is 9.86. The van der Waals surface area contributed by atoms with Crippen LogP contribution in [0.3, 0.4) is 0 Å². The van der Waals surface area contributed by atoms with Crippen LogP contribution in [0.25, 0.3) is 0 Å². The number of rotatable bonds is 3. The molecule has 3 N–H and O–H groups in total. The van der Waals surface area contributed by atoms with Crippen LogP contribution in [-0.2, 0) is 4.79 Å². The Bertz CT molecular complexity index is 270. The molecular formula is C13H24N2O2. The molecule has 1 saturated heterocycles. The first-order valence-corrected chi connectivity index (χ1v) is 6.85. The fourth-order valence-corrected chi connectivity index (χ4v) is 2.95. The van der Waals surface area contributed by atoms with E-state index in [1.807, 2.05) is 0 Å². The van der Waals surface area contributed by atoms with E-state index < -0.39 is 0 Å². The summed E-state index contributed by atoms with van der Waals surface area (Å²) in [6.45, 7) is 4.48. The van der Waals surface area contributed by atoms with E-state index in [-0.39, 0.29) is 23.8 Å². The number of carbonyl (C=O) groups excluding carboxylic acids is 1. The number of carbonyl (C=O) groups is 1. The lowest BCUT2D eigenvalue weighted by Crippen LogP contribution is -2.40. The highest BCUT2D eigenvalue weighted by molar-refractivity contribution is 5.79. The lowest BCUT2D eigenvalue weighted by Gasteiger charge is -2.28. The van der Waals surface area contributed by atoms with Crippen molar-refractivity contribution in [1.82, 2.24) is 10.6 Å². The summed E-state index contributed by atoms with van der Waals surface area (Å²) in [5.74, 6) is 0.944. The summed E-state index contributed by atoms with van der Waals surface area (Å²) in [5.41, 5.74) is 0. The molecule has 0 aromatic carbocycles. The second-order valence-electron chi connectivity index (χ2n) is 5.60. The van der Waals surface area contributed by atoms with Crippen LogP contribution in [0.15, 0.2) is 0 Å². The van der Waals surface area contributed by atoms with Gasteiger partial charge in [-0.15, -0.1) is 0 Å². The average Bonchev–Trinajstić information content (AvgIpc) is 2.74. The van der Waals surface area contributed by atoms with Crippen LogP contribution >= 0.6 is 0 Å². The van der Waals surface area contributed by atoms with Crippen molar-refractivity contribution in [2.24, 2.45) is 17.8 Å². The molecule has 4 atom stereocenters. The summed E-state index contributed by atoms with van der Waals surface area (Å²) >= 11 is 0. The molecule has 0 spiro atoms. The molecular weight excluding hydrogens is 216 g/mol. The van der Waals surface area contributed by atoms with Crippen molar-refractivity contribution >= 4 is 5.91 Å². The van der Waals surface area contributed by atoms with Gasteiger partial charge in [0.25, 0.3) is 0 Å². The highest BCUT2D eigenvalue weighted by Gasteiger charge is 2.30. The molecule has 2 rings (SSSR count). The maximum atomic E-state index is 12.0. The maximum Gasteiger partial charge on any atom is 0.224 e. The first-order chi connectivity index (χ1) is 8.18. The molecule has 98 valence electrons. The molecule has 0 aromatic heterocycles. The molecule has 2 fully saturated rings. The van der Waals surface area contributed by atoms with Gasteiger partial charge in [0, 0.05) is 19.0 Å². The third kappa shape index (κ3) is 3.19. The molecule has 4 unspecified atom stereocenters. The molecule has 0 bridgehead atoms. The number of nitrogens with one attached hydrogen (secondary N) is 2. The van der Waals surface area contributed by atoms with Crippen molar-refractivity contribution < 1.29 is 9.90 Å². The lowest BCUT2D eigenvalue weighted by molar-refractivity contribution is -0.125. The van der Waals surface area contributed by atoms with Gasteiger partial charge in [0.05, 0.1) is 12.0 Å². The van der Waals surface area contributed by atoms with Gasteiger partial charge in [0.1, 0.15) is 0 Å². The Morgan fingerprint density at radius 1 is 1.35 bits per heavy atom. The minimum Gasteiger partial charge on any atom is -0.393 e. The Morgan fingerprint density at radius 2 is 2.12 bits per heavy atom. The second kappa shape index (κ2) is 5.83. The van der Waals surface area contributed by atoms with Crippen LogP contribution in [0.4, 0.5) is 0 Å². The van der Waals surface area contributed by atoms with Crippen molar-refractivity contribution in [1.29, 1.82) is 0 Å². The molecule has 0 aromatic rings. The number of aliphatic hydroxyl groups is 1. The molecule has 1 saturated carbocycles. The van der Waals surface area contributed by atoms with Gasteiger partial charge < -0.3 is 15.7 Å². The van der Waals surface area contributed by atoms with Gasteiger partial charge in [-0.2, -0.15) is 0 Å². The molecule has 4 heteroatoms. The van der Waals surface area contributed by atoms with Crippen LogP contribution in [-0.4, -0.2) is 36.8 Å². The van der Waals surface area contributed by atoms with E-state index in [4.69, 9.17) is 0 Å². The maximum absolute atomic E-state index is 12.0. The highest BCUT2D eigenvalue weighted by atomic mass is 16.3. The van der Waals surface area contributed by atoms with Crippen molar-refractivity contribution in [3.8, 4) is 0 Å². The molecule has 17 heavy (non-hydrogen) atoms. The summed E-state index contributed by atoms with van der Waals surface area (Å²) in [5, 5.41) is 16.1. The summed E-state index contributed by atoms with van der Waals surface area (Å²) in [4.78, 5) is 12.0. The zero-order chi connectivity index (χ0) is 12.3. The van der Waals surface area contributed by atoms with E-state index in [9.17, 15) is 9.90 Å². The Hall–Kier alpha value is -0.610. The van der Waals surface area contributed by atoms with Gasteiger partial charge in [-0.05, 0) is 25.3 Å². The molecule has 2 aliphatic rings. The molecule has 1 aliphatic heterocycles. The SMILES string of the molecule is CC1CNCC1C(=O)NCC1CCCCC1O. The van der Waals surface area contributed by atoms with E-state index in [1.54, 1.807) is 0 Å². The largest absolute Gasteiger partial charge is 0.393 e. The van der Waals surface area contributed by atoms with E-state index in [2.05, 4.69) is 17.6 Å². The van der Waals surface area contributed by atoms with Crippen LogP contribution in [0.2, 0.25) is 0 Å². The number of hydrogen-bond acceptors (Lipinski definition) is 3. The monoisotopic (exact) mass is 240 g/mol. The van der Waals surface area contributed by atoms with Gasteiger partial charge in [-0.25, -0.2) is 0 Å². The fraction of sp³-hybridized carbons (Fsp3) is 0.923. The quantitative estimate of drug-likeness (QED) is 0.673. The van der Waals surface area contributed by atoms with Crippen LogP contribution in [0.1, 0.15) is 32.6 Å². The van der Waals surface area contributed by atoms with Crippen LogP contribution in [0.5, 0.6) is 0 Å². The van der Waals surface area contributed by atoms with Gasteiger partial charge in [0.2, 0.25) is 5.91 Å². The summed E-state index contributed by atoms with van der Waals surface area (Å²) in [6, 6.07) is 0. The Morgan fingerprint density at radius 3 is 2.76 bits per heavy atom. The number of hydrogen-bond donors (Lipinski definition) is 3. The minimum atomic E-state index is -0.219. The van der Waals surface area contributed by atoms with Crippen LogP contribution in [0, 0.1) is 17.8 Å². The van der Waals surface area contributed by atoms with Crippen LogP contribution < -0.4 is 10.6 Å². The van der Waals surface area contributed by atoms with E-state index in [0.717, 1.165) is 32.4 Å². The van der Waals surface area contributed by atoms with Crippen molar-refractivity contribution in [3.05, 3.63) is 0 Å². The van der Waals surface area contributed by atoms with Gasteiger partial charge in [0.15, 0.2) is 0 Å². The molecule has 1 heterocycles. The second-order valence-corrected chi connectivity index (χ2v) is 5.60. The number of aliphatic hydroxyl groups excluding tert-OH is 1. The Kier molecular flexibility index (Phi) is 4.40. The summed E-state index contributed by atoms with van der Waals surface area (Å²) < 4.78 is 0. The first kappa shape index (κ1) is 12.8. The molecule has 4 nitrogen and oxygen atoms in total. The van der Waals surface area contributed by atoms with Crippen molar-refractivity contribution in [2.45, 2.75) is 38.7 Å².